The molecule has 5 rings (SSSR count). The number of ether oxygens (including phenoxy) is 1. The zero-order chi connectivity index (χ0) is 20.5. The first kappa shape index (κ1) is 18.4. The average Bonchev–Trinajstić information content (AvgIpc) is 3.16. The van der Waals surface area contributed by atoms with Gasteiger partial charge in [-0.1, -0.05) is 12.1 Å². The molecule has 0 saturated carbocycles. The quantitative estimate of drug-likeness (QED) is 0.725. The van der Waals surface area contributed by atoms with Gasteiger partial charge >= 0.3 is 0 Å². The van der Waals surface area contributed by atoms with Crippen molar-refractivity contribution in [3.8, 4) is 11.6 Å². The smallest absolute Gasteiger partial charge is 0.254 e. The molecule has 0 bridgehead atoms. The lowest BCUT2D eigenvalue weighted by molar-refractivity contribution is 0.0767. The van der Waals surface area contributed by atoms with Crippen LogP contribution in [0.3, 0.4) is 0 Å². The average molecular weight is 399 g/mol. The van der Waals surface area contributed by atoms with Crippen LogP contribution in [0.2, 0.25) is 0 Å². The molecule has 1 amide bonds. The summed E-state index contributed by atoms with van der Waals surface area (Å²) < 4.78 is 5.82. The van der Waals surface area contributed by atoms with Gasteiger partial charge in [-0.15, -0.1) is 0 Å². The number of hydrogen-bond donors (Lipinski definition) is 1. The van der Waals surface area contributed by atoms with E-state index in [2.05, 4.69) is 21.0 Å². The Bertz CT molecular complexity index is 1160. The molecule has 0 saturated heterocycles. The minimum Gasteiger partial charge on any atom is -0.439 e. The summed E-state index contributed by atoms with van der Waals surface area (Å²) in [4.78, 5) is 27.7. The van der Waals surface area contributed by atoms with Crippen molar-refractivity contribution in [1.82, 2.24) is 19.9 Å². The molecule has 1 aliphatic heterocycles. The fraction of sp³-hybridized carbons (Fsp3) is 0.217. The number of pyridine rings is 1. The molecular formula is C23H21N5O2. The van der Waals surface area contributed by atoms with E-state index in [0.29, 0.717) is 42.5 Å². The summed E-state index contributed by atoms with van der Waals surface area (Å²) in [5.41, 5.74) is 11.9. The highest BCUT2D eigenvalue weighted by atomic mass is 16.5. The Kier molecular flexibility index (Phi) is 4.72. The SMILES string of the molecule is NCc1cc(Oc2cccc(C(=O)N3CCC4=C(Cc5ncccc54)C3)c2)ncn1. The van der Waals surface area contributed by atoms with E-state index in [1.165, 1.54) is 23.0 Å². The van der Waals surface area contributed by atoms with Gasteiger partial charge in [-0.3, -0.25) is 9.78 Å². The van der Waals surface area contributed by atoms with E-state index in [1.807, 2.05) is 29.3 Å². The van der Waals surface area contributed by atoms with Crippen molar-refractivity contribution in [3.05, 3.63) is 83.1 Å². The van der Waals surface area contributed by atoms with E-state index in [1.54, 1.807) is 18.2 Å². The number of benzene rings is 1. The van der Waals surface area contributed by atoms with Crippen LogP contribution in [0.25, 0.3) is 5.57 Å². The van der Waals surface area contributed by atoms with Crippen molar-refractivity contribution in [3.63, 3.8) is 0 Å². The first-order valence-electron chi connectivity index (χ1n) is 9.94. The number of rotatable bonds is 4. The molecule has 0 atom stereocenters. The number of nitrogens with zero attached hydrogens (tertiary/aromatic N) is 4. The molecule has 0 fully saturated rings. The molecule has 2 aromatic heterocycles. The van der Waals surface area contributed by atoms with E-state index < -0.39 is 0 Å². The number of nitrogens with two attached hydrogens (primary N) is 1. The molecule has 30 heavy (non-hydrogen) atoms. The maximum Gasteiger partial charge on any atom is 0.254 e. The fourth-order valence-corrected chi connectivity index (χ4v) is 4.09. The minimum absolute atomic E-state index is 0.00116. The van der Waals surface area contributed by atoms with Crippen molar-refractivity contribution in [2.75, 3.05) is 13.1 Å². The van der Waals surface area contributed by atoms with Crippen molar-refractivity contribution in [2.45, 2.75) is 19.4 Å². The Labute approximate surface area is 174 Å². The predicted molar refractivity (Wildman–Crippen MR) is 112 cm³/mol. The third kappa shape index (κ3) is 3.44. The Morgan fingerprint density at radius 1 is 1.13 bits per heavy atom. The summed E-state index contributed by atoms with van der Waals surface area (Å²) in [6, 6.07) is 13.0. The van der Waals surface area contributed by atoms with Gasteiger partial charge in [0.1, 0.15) is 12.1 Å². The van der Waals surface area contributed by atoms with Crippen LogP contribution in [0, 0.1) is 0 Å². The standard InChI is InChI=1S/C23H21N5O2/c24-12-17-11-22(27-14-26-17)30-18-4-1-3-15(9-18)23(29)28-8-6-19-16(13-28)10-21-20(19)5-2-7-25-21/h1-5,7,9,11,14H,6,8,10,12-13,24H2. The topological polar surface area (TPSA) is 94.2 Å². The molecule has 3 aromatic rings. The van der Waals surface area contributed by atoms with Crippen molar-refractivity contribution in [2.24, 2.45) is 5.73 Å². The van der Waals surface area contributed by atoms with Gasteiger partial charge in [0.2, 0.25) is 5.88 Å². The third-order valence-electron chi connectivity index (χ3n) is 5.53. The van der Waals surface area contributed by atoms with Gasteiger partial charge in [-0.25, -0.2) is 9.97 Å². The Morgan fingerprint density at radius 3 is 2.97 bits per heavy atom. The Balaban J connectivity index is 1.32. The third-order valence-corrected chi connectivity index (χ3v) is 5.53. The number of fused-ring (bicyclic) bond motifs is 2. The summed E-state index contributed by atoms with van der Waals surface area (Å²) >= 11 is 0. The minimum atomic E-state index is 0.00116. The predicted octanol–water partition coefficient (Wildman–Crippen LogP) is 2.98. The van der Waals surface area contributed by atoms with Gasteiger partial charge in [0, 0.05) is 43.9 Å². The number of hydrogen-bond acceptors (Lipinski definition) is 6. The van der Waals surface area contributed by atoms with Crippen LogP contribution < -0.4 is 10.5 Å². The maximum atomic E-state index is 13.2. The van der Waals surface area contributed by atoms with Crippen LogP contribution in [0.4, 0.5) is 0 Å². The summed E-state index contributed by atoms with van der Waals surface area (Å²) in [5.74, 6) is 0.956. The molecule has 3 heterocycles. The van der Waals surface area contributed by atoms with E-state index in [9.17, 15) is 4.79 Å². The first-order chi connectivity index (χ1) is 14.7. The summed E-state index contributed by atoms with van der Waals surface area (Å²) in [7, 11) is 0. The highest BCUT2D eigenvalue weighted by Gasteiger charge is 2.30. The molecule has 0 unspecified atom stereocenters. The van der Waals surface area contributed by atoms with Crippen molar-refractivity contribution < 1.29 is 9.53 Å². The molecule has 150 valence electrons. The largest absolute Gasteiger partial charge is 0.439 e. The lowest BCUT2D eigenvalue weighted by Gasteiger charge is -2.28. The normalized spacial score (nSPS) is 15.0. The Morgan fingerprint density at radius 2 is 2.07 bits per heavy atom. The van der Waals surface area contributed by atoms with E-state index >= 15 is 0 Å². The highest BCUT2D eigenvalue weighted by Crippen LogP contribution is 2.37. The fourth-order valence-electron chi connectivity index (χ4n) is 4.09. The van der Waals surface area contributed by atoms with Crippen LogP contribution in [0.1, 0.15) is 33.7 Å². The second-order valence-corrected chi connectivity index (χ2v) is 7.41. The molecule has 7 nitrogen and oxygen atoms in total. The Hall–Kier alpha value is -3.58. The molecular weight excluding hydrogens is 378 g/mol. The lowest BCUT2D eigenvalue weighted by Crippen LogP contribution is -2.36. The number of aromatic nitrogens is 3. The molecule has 1 aliphatic carbocycles. The molecule has 2 aliphatic rings. The van der Waals surface area contributed by atoms with Crippen LogP contribution in [0.5, 0.6) is 11.6 Å². The summed E-state index contributed by atoms with van der Waals surface area (Å²) in [6.07, 6.45) is 4.94. The molecule has 7 heteroatoms. The zero-order valence-corrected chi connectivity index (χ0v) is 16.4. The van der Waals surface area contributed by atoms with Crippen LogP contribution in [-0.2, 0) is 13.0 Å². The second-order valence-electron chi connectivity index (χ2n) is 7.41. The molecule has 0 spiro atoms. The molecule has 1 aromatic carbocycles. The second kappa shape index (κ2) is 7.68. The van der Waals surface area contributed by atoms with Crippen molar-refractivity contribution >= 4 is 11.5 Å². The van der Waals surface area contributed by atoms with Crippen LogP contribution >= 0.6 is 0 Å². The van der Waals surface area contributed by atoms with Gasteiger partial charge in [0.25, 0.3) is 5.91 Å². The highest BCUT2D eigenvalue weighted by molar-refractivity contribution is 5.95. The molecule has 0 radical (unpaired) electrons. The zero-order valence-electron chi connectivity index (χ0n) is 16.4. The van der Waals surface area contributed by atoms with Gasteiger partial charge in [0.05, 0.1) is 11.4 Å². The van der Waals surface area contributed by atoms with E-state index in [4.69, 9.17) is 10.5 Å². The number of carbonyl (C=O) groups excluding carboxylic acids is 1. The summed E-state index contributed by atoms with van der Waals surface area (Å²) in [5, 5.41) is 0. The molecule has 2 N–H and O–H groups in total. The van der Waals surface area contributed by atoms with Gasteiger partial charge in [0.15, 0.2) is 0 Å². The first-order valence-corrected chi connectivity index (χ1v) is 9.94. The van der Waals surface area contributed by atoms with Crippen LogP contribution in [0.15, 0.2) is 60.6 Å². The number of amides is 1. The lowest BCUT2D eigenvalue weighted by atomic mass is 9.99. The number of carbonyl (C=O) groups is 1. The summed E-state index contributed by atoms with van der Waals surface area (Å²) in [6.45, 7) is 1.65. The van der Waals surface area contributed by atoms with Gasteiger partial charge < -0.3 is 15.4 Å². The van der Waals surface area contributed by atoms with Gasteiger partial charge in [-0.2, -0.15) is 0 Å². The van der Waals surface area contributed by atoms with E-state index in [0.717, 1.165) is 18.5 Å². The van der Waals surface area contributed by atoms with Crippen molar-refractivity contribution in [1.29, 1.82) is 0 Å². The monoisotopic (exact) mass is 399 g/mol. The maximum absolute atomic E-state index is 13.2. The van der Waals surface area contributed by atoms with E-state index in [-0.39, 0.29) is 5.91 Å². The van der Waals surface area contributed by atoms with Crippen LogP contribution in [-0.4, -0.2) is 38.8 Å². The van der Waals surface area contributed by atoms with Gasteiger partial charge in [-0.05, 0) is 47.4 Å².